The van der Waals surface area contributed by atoms with Crippen LogP contribution in [-0.4, -0.2) is 24.0 Å². The summed E-state index contributed by atoms with van der Waals surface area (Å²) >= 11 is 1.46. The molecule has 1 aliphatic rings. The zero-order chi connectivity index (χ0) is 17.1. The molecular formula is C20H19N3OS. The minimum atomic E-state index is -0.0172. The van der Waals surface area contributed by atoms with E-state index in [1.54, 1.807) is 6.20 Å². The minimum Gasteiger partial charge on any atom is -0.362 e. The lowest BCUT2D eigenvalue weighted by Crippen LogP contribution is -2.37. The van der Waals surface area contributed by atoms with E-state index in [4.69, 9.17) is 0 Å². The Bertz CT molecular complexity index is 848. The van der Waals surface area contributed by atoms with Crippen LogP contribution < -0.4 is 10.2 Å². The molecule has 5 heteroatoms. The van der Waals surface area contributed by atoms with E-state index < -0.39 is 0 Å². The van der Waals surface area contributed by atoms with Gasteiger partial charge < -0.3 is 10.2 Å². The first-order chi connectivity index (χ1) is 12.3. The highest BCUT2D eigenvalue weighted by Gasteiger charge is 2.27. The normalized spacial score (nSPS) is 14.2. The zero-order valence-corrected chi connectivity index (χ0v) is 14.6. The lowest BCUT2D eigenvalue weighted by atomic mass is 10.1. The summed E-state index contributed by atoms with van der Waals surface area (Å²) in [4.78, 5) is 19.8. The van der Waals surface area contributed by atoms with Gasteiger partial charge in [0.2, 0.25) is 0 Å². The number of nitrogens with zero attached hydrogens (tertiary/aromatic N) is 2. The molecule has 4 rings (SSSR count). The van der Waals surface area contributed by atoms with Crippen LogP contribution in [0.4, 0.5) is 5.69 Å². The number of rotatable bonds is 5. The number of hydrogen-bond acceptors (Lipinski definition) is 4. The number of anilines is 1. The van der Waals surface area contributed by atoms with Crippen LogP contribution in [0.1, 0.15) is 26.8 Å². The first-order valence-electron chi connectivity index (χ1n) is 8.39. The van der Waals surface area contributed by atoms with Crippen molar-refractivity contribution in [3.05, 3.63) is 82.3 Å². The largest absolute Gasteiger partial charge is 0.362 e. The van der Waals surface area contributed by atoms with Crippen molar-refractivity contribution in [2.75, 3.05) is 18.0 Å². The van der Waals surface area contributed by atoms with E-state index in [1.165, 1.54) is 22.6 Å². The van der Waals surface area contributed by atoms with E-state index in [-0.39, 0.29) is 11.9 Å². The van der Waals surface area contributed by atoms with Crippen molar-refractivity contribution < 1.29 is 4.79 Å². The highest BCUT2D eigenvalue weighted by Crippen LogP contribution is 2.34. The molecule has 126 valence electrons. The Balaban J connectivity index is 1.59. The minimum absolute atomic E-state index is 0.0172. The number of pyridine rings is 1. The molecule has 0 saturated carbocycles. The van der Waals surface area contributed by atoms with Gasteiger partial charge in [-0.2, -0.15) is 0 Å². The number of carbonyl (C=O) groups excluding carboxylic acids is 1. The van der Waals surface area contributed by atoms with Gasteiger partial charge in [-0.05, 0) is 41.1 Å². The third-order valence-corrected chi connectivity index (χ3v) is 5.44. The molecule has 0 aliphatic carbocycles. The van der Waals surface area contributed by atoms with Crippen molar-refractivity contribution in [3.8, 4) is 0 Å². The van der Waals surface area contributed by atoms with Crippen LogP contribution in [0.2, 0.25) is 0 Å². The van der Waals surface area contributed by atoms with Gasteiger partial charge in [-0.15, -0.1) is 11.3 Å². The van der Waals surface area contributed by atoms with Crippen molar-refractivity contribution in [2.45, 2.75) is 12.5 Å². The van der Waals surface area contributed by atoms with E-state index in [0.29, 0.717) is 6.54 Å². The highest BCUT2D eigenvalue weighted by molar-refractivity contribution is 7.12. The summed E-state index contributed by atoms with van der Waals surface area (Å²) in [5.41, 5.74) is 3.73. The topological polar surface area (TPSA) is 45.2 Å². The number of aromatic nitrogens is 1. The first kappa shape index (κ1) is 15.8. The van der Waals surface area contributed by atoms with E-state index in [1.807, 2.05) is 29.8 Å². The number of carbonyl (C=O) groups is 1. The molecule has 0 spiro atoms. The molecule has 2 aromatic heterocycles. The monoisotopic (exact) mass is 349 g/mol. The van der Waals surface area contributed by atoms with Gasteiger partial charge in [0.05, 0.1) is 10.9 Å². The van der Waals surface area contributed by atoms with Gasteiger partial charge in [-0.1, -0.05) is 30.3 Å². The molecule has 1 aliphatic heterocycles. The second kappa shape index (κ2) is 7.07. The molecule has 1 aromatic carbocycles. The van der Waals surface area contributed by atoms with Gasteiger partial charge in [0.15, 0.2) is 0 Å². The van der Waals surface area contributed by atoms with Crippen LogP contribution >= 0.6 is 11.3 Å². The van der Waals surface area contributed by atoms with Crippen LogP contribution in [0.15, 0.2) is 66.3 Å². The molecule has 0 radical (unpaired) electrons. The fourth-order valence-corrected chi connectivity index (χ4v) is 3.99. The number of hydrogen-bond donors (Lipinski definition) is 1. The maximum atomic E-state index is 12.4. The smallest absolute Gasteiger partial charge is 0.261 e. The Kier molecular flexibility index (Phi) is 4.48. The standard InChI is InChI=1S/C20H19N3OS/c24-20(19-8-4-12-25-19)22-14-18(16-6-3-10-21-13-16)23-11-9-15-5-1-2-7-17(15)23/h1-8,10,12-13,18H,9,11,14H2,(H,22,24). The summed E-state index contributed by atoms with van der Waals surface area (Å²) in [7, 11) is 0. The molecule has 0 saturated heterocycles. The van der Waals surface area contributed by atoms with Crippen molar-refractivity contribution in [2.24, 2.45) is 0 Å². The van der Waals surface area contributed by atoms with Crippen LogP contribution in [0, 0.1) is 0 Å². The third-order valence-electron chi connectivity index (χ3n) is 4.57. The average molecular weight is 349 g/mol. The fraction of sp³-hybridized carbons (Fsp3) is 0.200. The Hall–Kier alpha value is -2.66. The van der Waals surface area contributed by atoms with E-state index in [9.17, 15) is 4.79 Å². The van der Waals surface area contributed by atoms with Gasteiger partial charge in [-0.25, -0.2) is 0 Å². The maximum absolute atomic E-state index is 12.4. The second-order valence-electron chi connectivity index (χ2n) is 6.06. The van der Waals surface area contributed by atoms with Gasteiger partial charge in [0.25, 0.3) is 5.91 Å². The quantitative estimate of drug-likeness (QED) is 0.764. The van der Waals surface area contributed by atoms with Crippen molar-refractivity contribution >= 4 is 22.9 Å². The van der Waals surface area contributed by atoms with Crippen LogP contribution in [0.25, 0.3) is 0 Å². The summed E-state index contributed by atoms with van der Waals surface area (Å²) < 4.78 is 0. The lowest BCUT2D eigenvalue weighted by Gasteiger charge is -2.30. The van der Waals surface area contributed by atoms with E-state index in [2.05, 4.69) is 45.5 Å². The molecule has 0 fully saturated rings. The molecular weight excluding hydrogens is 330 g/mol. The molecule has 1 unspecified atom stereocenters. The summed E-state index contributed by atoms with van der Waals surface area (Å²) in [6.45, 7) is 1.50. The second-order valence-corrected chi connectivity index (χ2v) is 7.01. The summed E-state index contributed by atoms with van der Waals surface area (Å²) in [5, 5.41) is 5.01. The molecule has 1 amide bonds. The maximum Gasteiger partial charge on any atom is 0.261 e. The molecule has 25 heavy (non-hydrogen) atoms. The highest BCUT2D eigenvalue weighted by atomic mass is 32.1. The Morgan fingerprint density at radius 2 is 2.12 bits per heavy atom. The summed E-state index contributed by atoms with van der Waals surface area (Å²) in [6, 6.07) is 16.3. The van der Waals surface area contributed by atoms with E-state index >= 15 is 0 Å². The Morgan fingerprint density at radius 1 is 1.20 bits per heavy atom. The zero-order valence-electron chi connectivity index (χ0n) is 13.8. The van der Waals surface area contributed by atoms with Gasteiger partial charge in [0, 0.05) is 31.2 Å². The molecule has 4 nitrogen and oxygen atoms in total. The van der Waals surface area contributed by atoms with Crippen LogP contribution in [0.5, 0.6) is 0 Å². The van der Waals surface area contributed by atoms with E-state index in [0.717, 1.165) is 23.4 Å². The third kappa shape index (κ3) is 3.28. The van der Waals surface area contributed by atoms with Crippen molar-refractivity contribution in [1.82, 2.24) is 10.3 Å². The molecule has 1 N–H and O–H groups in total. The number of nitrogens with one attached hydrogen (secondary N) is 1. The van der Waals surface area contributed by atoms with Crippen LogP contribution in [-0.2, 0) is 6.42 Å². The number of amides is 1. The molecule has 3 heterocycles. The number of thiophene rings is 1. The summed E-state index contributed by atoms with van der Waals surface area (Å²) in [6.07, 6.45) is 4.71. The molecule has 1 atom stereocenters. The van der Waals surface area contributed by atoms with Crippen molar-refractivity contribution in [1.29, 1.82) is 0 Å². The predicted octanol–water partition coefficient (Wildman–Crippen LogP) is 3.68. The predicted molar refractivity (Wildman–Crippen MR) is 101 cm³/mol. The molecule has 0 bridgehead atoms. The fourth-order valence-electron chi connectivity index (χ4n) is 3.35. The Labute approximate surface area is 151 Å². The number of fused-ring (bicyclic) bond motifs is 1. The Morgan fingerprint density at radius 3 is 2.92 bits per heavy atom. The lowest BCUT2D eigenvalue weighted by molar-refractivity contribution is 0.0955. The average Bonchev–Trinajstić information content (AvgIpc) is 3.33. The van der Waals surface area contributed by atoms with Gasteiger partial charge >= 0.3 is 0 Å². The van der Waals surface area contributed by atoms with Crippen molar-refractivity contribution in [3.63, 3.8) is 0 Å². The van der Waals surface area contributed by atoms with Gasteiger partial charge in [-0.3, -0.25) is 9.78 Å². The van der Waals surface area contributed by atoms with Crippen LogP contribution in [0.3, 0.4) is 0 Å². The molecule has 3 aromatic rings. The SMILES string of the molecule is O=C(NCC(c1cccnc1)N1CCc2ccccc21)c1cccs1. The number of para-hydroxylation sites is 1. The summed E-state index contributed by atoms with van der Waals surface area (Å²) in [5.74, 6) is -0.0172. The first-order valence-corrected chi connectivity index (χ1v) is 9.27. The van der Waals surface area contributed by atoms with Gasteiger partial charge in [0.1, 0.15) is 0 Å². The number of benzene rings is 1.